The lowest BCUT2D eigenvalue weighted by Gasteiger charge is -2.20. The highest BCUT2D eigenvalue weighted by atomic mass is 16.6. The highest BCUT2D eigenvalue weighted by Gasteiger charge is 2.17. The number of nitrogen functional groups attached to an aromatic ring is 1. The molecule has 0 saturated heterocycles. The van der Waals surface area contributed by atoms with Gasteiger partial charge in [0, 0.05) is 11.3 Å². The fraction of sp³-hybridized carbons (Fsp3) is 0.400. The minimum absolute atomic E-state index is 0.183. The van der Waals surface area contributed by atoms with Crippen LogP contribution in [-0.4, -0.2) is 11.6 Å². The van der Waals surface area contributed by atoms with Gasteiger partial charge in [-0.2, -0.15) is 0 Å². The Morgan fingerprint density at radius 3 is 2.56 bits per heavy atom. The van der Waals surface area contributed by atoms with E-state index in [4.69, 9.17) is 16.9 Å². The van der Waals surface area contributed by atoms with Crippen molar-refractivity contribution in [1.82, 2.24) is 0 Å². The van der Waals surface area contributed by atoms with Crippen LogP contribution in [0.5, 0.6) is 0 Å². The number of anilines is 1. The van der Waals surface area contributed by atoms with Gasteiger partial charge in [0.05, 0.1) is 6.42 Å². The van der Waals surface area contributed by atoms with Crippen LogP contribution in [0.25, 0.3) is 0 Å². The molecule has 0 radical (unpaired) electrons. The number of rotatable bonds is 2. The monoisotopic (exact) mass is 245 g/mol. The van der Waals surface area contributed by atoms with Crippen LogP contribution in [0, 0.1) is 19.3 Å². The minimum atomic E-state index is -0.486. The van der Waals surface area contributed by atoms with Crippen LogP contribution in [0.1, 0.15) is 37.5 Å². The van der Waals surface area contributed by atoms with Crippen molar-refractivity contribution in [3.05, 3.63) is 28.8 Å². The van der Waals surface area contributed by atoms with Crippen LogP contribution in [0.2, 0.25) is 0 Å². The van der Waals surface area contributed by atoms with Crippen molar-refractivity contribution in [3.8, 4) is 12.3 Å². The number of carbonyl (C=O) groups is 1. The molecule has 0 aliphatic heterocycles. The maximum absolute atomic E-state index is 11.8. The summed E-state index contributed by atoms with van der Waals surface area (Å²) in [7, 11) is 0. The van der Waals surface area contributed by atoms with Gasteiger partial charge in [-0.1, -0.05) is 5.92 Å². The summed E-state index contributed by atoms with van der Waals surface area (Å²) in [5.41, 5.74) is 8.27. The Morgan fingerprint density at radius 2 is 2.06 bits per heavy atom. The second-order valence-corrected chi connectivity index (χ2v) is 5.26. The Morgan fingerprint density at radius 1 is 1.44 bits per heavy atom. The maximum atomic E-state index is 11.8. The SMILES string of the molecule is C#Cc1cc(N)cc(CC(=O)OC(C)(C)C)c1C. The summed E-state index contributed by atoms with van der Waals surface area (Å²) >= 11 is 0. The van der Waals surface area contributed by atoms with Crippen LogP contribution in [0.3, 0.4) is 0 Å². The Hall–Kier alpha value is -1.95. The number of hydrogen-bond acceptors (Lipinski definition) is 3. The second kappa shape index (κ2) is 5.14. The molecule has 0 saturated carbocycles. The van der Waals surface area contributed by atoms with Crippen molar-refractivity contribution < 1.29 is 9.53 Å². The van der Waals surface area contributed by atoms with Crippen molar-refractivity contribution in [1.29, 1.82) is 0 Å². The van der Waals surface area contributed by atoms with E-state index in [2.05, 4.69) is 5.92 Å². The van der Waals surface area contributed by atoms with E-state index in [1.54, 1.807) is 12.1 Å². The fourth-order valence-corrected chi connectivity index (χ4v) is 1.67. The molecule has 0 heterocycles. The van der Waals surface area contributed by atoms with Gasteiger partial charge in [0.2, 0.25) is 0 Å². The zero-order chi connectivity index (χ0) is 13.9. The molecule has 2 N–H and O–H groups in total. The first-order valence-corrected chi connectivity index (χ1v) is 5.80. The van der Waals surface area contributed by atoms with E-state index >= 15 is 0 Å². The van der Waals surface area contributed by atoms with Gasteiger partial charge in [-0.15, -0.1) is 6.42 Å². The average Bonchev–Trinajstić information content (AvgIpc) is 2.20. The van der Waals surface area contributed by atoms with Crippen molar-refractivity contribution >= 4 is 11.7 Å². The van der Waals surface area contributed by atoms with E-state index in [0.717, 1.165) is 11.1 Å². The molecule has 0 aromatic heterocycles. The zero-order valence-corrected chi connectivity index (χ0v) is 11.3. The van der Waals surface area contributed by atoms with E-state index in [9.17, 15) is 4.79 Å². The first-order chi connectivity index (χ1) is 8.23. The van der Waals surface area contributed by atoms with E-state index in [0.29, 0.717) is 11.3 Å². The third kappa shape index (κ3) is 3.81. The molecule has 3 heteroatoms. The highest BCUT2D eigenvalue weighted by molar-refractivity contribution is 5.74. The van der Waals surface area contributed by atoms with Gasteiger partial charge in [-0.3, -0.25) is 4.79 Å². The van der Waals surface area contributed by atoms with E-state index in [1.165, 1.54) is 0 Å². The third-order valence-corrected chi connectivity index (χ3v) is 2.45. The molecular weight excluding hydrogens is 226 g/mol. The first-order valence-electron chi connectivity index (χ1n) is 5.80. The Bertz CT molecular complexity index is 504. The average molecular weight is 245 g/mol. The second-order valence-electron chi connectivity index (χ2n) is 5.26. The van der Waals surface area contributed by atoms with Crippen molar-refractivity contribution in [2.24, 2.45) is 0 Å². The summed E-state index contributed by atoms with van der Waals surface area (Å²) in [5, 5.41) is 0. The first kappa shape index (κ1) is 14.1. The van der Waals surface area contributed by atoms with E-state index in [1.807, 2.05) is 27.7 Å². The van der Waals surface area contributed by atoms with E-state index in [-0.39, 0.29) is 12.4 Å². The van der Waals surface area contributed by atoms with Crippen LogP contribution < -0.4 is 5.73 Å². The van der Waals surface area contributed by atoms with Gasteiger partial charge in [-0.05, 0) is 51.0 Å². The van der Waals surface area contributed by atoms with Crippen LogP contribution in [-0.2, 0) is 16.0 Å². The van der Waals surface area contributed by atoms with Crippen LogP contribution in [0.15, 0.2) is 12.1 Å². The number of benzene rings is 1. The number of esters is 1. The molecule has 0 aliphatic rings. The lowest BCUT2D eigenvalue weighted by molar-refractivity contribution is -0.153. The molecule has 0 fully saturated rings. The van der Waals surface area contributed by atoms with Gasteiger partial charge in [0.25, 0.3) is 0 Å². The largest absolute Gasteiger partial charge is 0.460 e. The van der Waals surface area contributed by atoms with Crippen LogP contribution in [0.4, 0.5) is 5.69 Å². The molecule has 0 amide bonds. The zero-order valence-electron chi connectivity index (χ0n) is 11.3. The summed E-state index contributed by atoms with van der Waals surface area (Å²) in [6.07, 6.45) is 5.58. The quantitative estimate of drug-likeness (QED) is 0.494. The molecule has 1 rings (SSSR count). The molecule has 96 valence electrons. The van der Waals surface area contributed by atoms with Gasteiger partial charge in [-0.25, -0.2) is 0 Å². The standard InChI is InChI=1S/C15H19NO2/c1-6-11-7-13(16)8-12(10(11)2)9-14(17)18-15(3,4)5/h1,7-8H,9,16H2,2-5H3. The van der Waals surface area contributed by atoms with Crippen molar-refractivity contribution in [3.63, 3.8) is 0 Å². The molecule has 0 bridgehead atoms. The van der Waals surface area contributed by atoms with E-state index < -0.39 is 5.60 Å². The van der Waals surface area contributed by atoms with Gasteiger partial charge < -0.3 is 10.5 Å². The number of ether oxygens (including phenoxy) is 1. The van der Waals surface area contributed by atoms with Crippen molar-refractivity contribution in [2.45, 2.75) is 39.7 Å². The predicted octanol–water partition coefficient (Wildman–Crippen LogP) is 2.44. The Labute approximate surface area is 108 Å². The number of terminal acetylenes is 1. The highest BCUT2D eigenvalue weighted by Crippen LogP contribution is 2.19. The molecule has 1 aromatic carbocycles. The molecule has 0 aliphatic carbocycles. The van der Waals surface area contributed by atoms with Gasteiger partial charge >= 0.3 is 5.97 Å². The van der Waals surface area contributed by atoms with Gasteiger partial charge in [0.1, 0.15) is 5.60 Å². The lowest BCUT2D eigenvalue weighted by atomic mass is 9.99. The topological polar surface area (TPSA) is 52.3 Å². The molecule has 18 heavy (non-hydrogen) atoms. The summed E-state index contributed by atoms with van der Waals surface area (Å²) in [6.45, 7) is 7.40. The molecule has 1 aromatic rings. The summed E-state index contributed by atoms with van der Waals surface area (Å²) < 4.78 is 5.28. The molecular formula is C15H19NO2. The summed E-state index contributed by atoms with van der Waals surface area (Å²) in [5.74, 6) is 2.29. The lowest BCUT2D eigenvalue weighted by Crippen LogP contribution is -2.25. The molecule has 0 spiro atoms. The molecule has 0 unspecified atom stereocenters. The Kier molecular flexibility index (Phi) is 4.03. The predicted molar refractivity (Wildman–Crippen MR) is 73.1 cm³/mol. The molecule has 0 atom stereocenters. The number of carbonyl (C=O) groups excluding carboxylic acids is 1. The van der Waals surface area contributed by atoms with Crippen molar-refractivity contribution in [2.75, 3.05) is 5.73 Å². The van der Waals surface area contributed by atoms with Crippen LogP contribution >= 0.6 is 0 Å². The summed E-state index contributed by atoms with van der Waals surface area (Å²) in [6, 6.07) is 3.49. The number of hydrogen-bond donors (Lipinski definition) is 1. The smallest absolute Gasteiger partial charge is 0.310 e. The minimum Gasteiger partial charge on any atom is -0.460 e. The fourth-order valence-electron chi connectivity index (χ4n) is 1.67. The summed E-state index contributed by atoms with van der Waals surface area (Å²) in [4.78, 5) is 11.8. The van der Waals surface area contributed by atoms with Gasteiger partial charge in [0.15, 0.2) is 0 Å². The maximum Gasteiger partial charge on any atom is 0.310 e. The third-order valence-electron chi connectivity index (χ3n) is 2.45. The number of nitrogens with two attached hydrogens (primary N) is 1. The molecule has 3 nitrogen and oxygen atoms in total. The normalized spacial score (nSPS) is 10.8. The Balaban J connectivity index is 2.95.